The summed E-state index contributed by atoms with van der Waals surface area (Å²) in [6.45, 7) is 3.74. The van der Waals surface area contributed by atoms with Crippen LogP contribution in [-0.4, -0.2) is 59.0 Å². The first-order chi connectivity index (χ1) is 12.9. The lowest BCUT2D eigenvalue weighted by Crippen LogP contribution is -2.52. The largest absolute Gasteiger partial charge is 0.497 e. The predicted octanol–water partition coefficient (Wildman–Crippen LogP) is 0.690. The van der Waals surface area contributed by atoms with E-state index >= 15 is 0 Å². The van der Waals surface area contributed by atoms with E-state index in [-0.39, 0.29) is 12.3 Å². The summed E-state index contributed by atoms with van der Waals surface area (Å²) in [6.07, 6.45) is -0.0779. The summed E-state index contributed by atoms with van der Waals surface area (Å²) >= 11 is 0. The zero-order valence-corrected chi connectivity index (χ0v) is 17.6. The van der Waals surface area contributed by atoms with Crippen LogP contribution in [0.25, 0.3) is 0 Å². The van der Waals surface area contributed by atoms with Gasteiger partial charge < -0.3 is 20.3 Å². The minimum Gasteiger partial charge on any atom is -0.497 e. The summed E-state index contributed by atoms with van der Waals surface area (Å²) in [6, 6.07) is 5.27. The third-order valence-corrected chi connectivity index (χ3v) is 4.74. The number of hydrogen-bond donors (Lipinski definition) is 4. The second kappa shape index (κ2) is 10.7. The Bertz CT molecular complexity index is 704. The highest BCUT2D eigenvalue weighted by molar-refractivity contribution is 7.51. The Labute approximate surface area is 165 Å². The van der Waals surface area contributed by atoms with Gasteiger partial charge in [-0.15, -0.1) is 0 Å². The topological polar surface area (TPSA) is 142 Å². The van der Waals surface area contributed by atoms with Gasteiger partial charge in [0.05, 0.1) is 25.5 Å². The molecule has 1 aromatic carbocycles. The second-order valence-electron chi connectivity index (χ2n) is 7.10. The maximum absolute atomic E-state index is 12.7. The number of carbonyl (C=O) groups is 2. The fourth-order valence-electron chi connectivity index (χ4n) is 2.67. The van der Waals surface area contributed by atoms with E-state index in [1.807, 2.05) is 13.8 Å². The summed E-state index contributed by atoms with van der Waals surface area (Å²) in [4.78, 5) is 44.3. The first-order valence-corrected chi connectivity index (χ1v) is 10.7. The van der Waals surface area contributed by atoms with E-state index in [0.717, 1.165) is 10.5 Å². The molecule has 28 heavy (non-hydrogen) atoms. The van der Waals surface area contributed by atoms with E-state index in [1.165, 1.54) is 7.05 Å². The van der Waals surface area contributed by atoms with Crippen molar-refractivity contribution < 1.29 is 28.7 Å². The average Bonchev–Trinajstić information content (AvgIpc) is 2.62. The van der Waals surface area contributed by atoms with Crippen LogP contribution in [0.1, 0.15) is 25.8 Å². The number of nitrogens with one attached hydrogen (secondary N) is 1. The van der Waals surface area contributed by atoms with Gasteiger partial charge in [0.2, 0.25) is 11.8 Å². The SMILES string of the molecule is COc1ccc(C[C@H](N)C(=O)N(C)C(=O)C(CC(C)C)NCP(=O)(O)O)cc1. The number of imide groups is 1. The van der Waals surface area contributed by atoms with Crippen molar-refractivity contribution in [2.24, 2.45) is 11.7 Å². The molecule has 0 aliphatic heterocycles. The zero-order valence-electron chi connectivity index (χ0n) is 16.7. The third-order valence-electron chi connectivity index (χ3n) is 4.14. The van der Waals surface area contributed by atoms with Gasteiger partial charge in [-0.1, -0.05) is 26.0 Å². The van der Waals surface area contributed by atoms with Crippen molar-refractivity contribution in [2.75, 3.05) is 20.4 Å². The molecule has 0 spiro atoms. The van der Waals surface area contributed by atoms with E-state index < -0.39 is 37.8 Å². The van der Waals surface area contributed by atoms with Crippen LogP contribution in [0, 0.1) is 5.92 Å². The predicted molar refractivity (Wildman–Crippen MR) is 106 cm³/mol. The lowest BCUT2D eigenvalue weighted by atomic mass is 10.0. The standard InChI is InChI=1S/C18H30N3O6P/c1-12(2)9-16(20-11-28(24,25)26)18(23)21(3)17(22)15(19)10-13-5-7-14(27-4)8-6-13/h5-8,12,15-16,20H,9-11,19H2,1-4H3,(H2,24,25,26)/t15-,16?/m0/s1. The molecule has 0 saturated carbocycles. The number of nitrogens with zero attached hydrogens (tertiary/aromatic N) is 1. The molecule has 2 amide bonds. The van der Waals surface area contributed by atoms with Crippen molar-refractivity contribution >= 4 is 19.4 Å². The number of carbonyl (C=O) groups excluding carboxylic acids is 2. The van der Waals surface area contributed by atoms with Gasteiger partial charge in [0.15, 0.2) is 0 Å². The van der Waals surface area contributed by atoms with E-state index in [0.29, 0.717) is 12.2 Å². The molecule has 0 heterocycles. The first-order valence-electron chi connectivity index (χ1n) is 8.92. The maximum Gasteiger partial charge on any atom is 0.339 e. The number of nitrogens with two attached hydrogens (primary N) is 1. The summed E-state index contributed by atoms with van der Waals surface area (Å²) in [5.41, 5.74) is 6.80. The Kier molecular flexibility index (Phi) is 9.26. The number of hydrogen-bond acceptors (Lipinski definition) is 6. The molecule has 158 valence electrons. The second-order valence-corrected chi connectivity index (χ2v) is 8.75. The summed E-state index contributed by atoms with van der Waals surface area (Å²) in [5.74, 6) is -0.372. The highest BCUT2D eigenvalue weighted by Crippen LogP contribution is 2.32. The average molecular weight is 415 g/mol. The van der Waals surface area contributed by atoms with Gasteiger partial charge >= 0.3 is 7.60 Å². The Morgan fingerprint density at radius 2 is 1.79 bits per heavy atom. The van der Waals surface area contributed by atoms with Crippen LogP contribution in [0.3, 0.4) is 0 Å². The Morgan fingerprint density at radius 3 is 2.25 bits per heavy atom. The molecule has 0 fully saturated rings. The van der Waals surface area contributed by atoms with Crippen molar-refractivity contribution in [1.29, 1.82) is 0 Å². The molecular weight excluding hydrogens is 385 g/mol. The van der Waals surface area contributed by atoms with Crippen molar-refractivity contribution in [3.63, 3.8) is 0 Å². The Morgan fingerprint density at radius 1 is 1.21 bits per heavy atom. The zero-order chi connectivity index (χ0) is 21.5. The molecule has 0 saturated heterocycles. The van der Waals surface area contributed by atoms with Crippen LogP contribution in [-0.2, 0) is 20.6 Å². The van der Waals surface area contributed by atoms with Gasteiger partial charge in [0, 0.05) is 7.05 Å². The molecule has 0 aromatic heterocycles. The lowest BCUT2D eigenvalue weighted by molar-refractivity contribution is -0.145. The molecule has 1 aromatic rings. The Balaban J connectivity index is 2.79. The van der Waals surface area contributed by atoms with Crippen LogP contribution in [0.15, 0.2) is 24.3 Å². The van der Waals surface area contributed by atoms with Gasteiger partial charge in [0.1, 0.15) is 5.75 Å². The molecule has 0 aliphatic rings. The van der Waals surface area contributed by atoms with E-state index in [2.05, 4.69) is 5.32 Å². The van der Waals surface area contributed by atoms with Gasteiger partial charge in [-0.3, -0.25) is 24.4 Å². The highest BCUT2D eigenvalue weighted by atomic mass is 31.2. The van der Waals surface area contributed by atoms with Crippen molar-refractivity contribution in [1.82, 2.24) is 10.2 Å². The molecule has 9 nitrogen and oxygen atoms in total. The quantitative estimate of drug-likeness (QED) is 0.409. The van der Waals surface area contributed by atoms with Crippen LogP contribution in [0.5, 0.6) is 5.75 Å². The van der Waals surface area contributed by atoms with E-state index in [1.54, 1.807) is 31.4 Å². The summed E-state index contributed by atoms with van der Waals surface area (Å²) < 4.78 is 16.2. The number of ether oxygens (including phenoxy) is 1. The molecule has 10 heteroatoms. The van der Waals surface area contributed by atoms with E-state index in [9.17, 15) is 14.2 Å². The molecule has 0 radical (unpaired) electrons. The third kappa shape index (κ3) is 8.08. The Hall–Kier alpha value is -1.77. The summed E-state index contributed by atoms with van der Waals surface area (Å²) in [5, 5.41) is 2.57. The fourth-order valence-corrected chi connectivity index (χ4v) is 3.12. The first kappa shape index (κ1) is 24.3. The molecule has 0 aliphatic carbocycles. The van der Waals surface area contributed by atoms with Crippen LogP contribution >= 0.6 is 7.60 Å². The normalized spacial score (nSPS) is 13.9. The molecule has 2 atom stereocenters. The monoisotopic (exact) mass is 415 g/mol. The highest BCUT2D eigenvalue weighted by Gasteiger charge is 2.30. The van der Waals surface area contributed by atoms with Crippen LogP contribution < -0.4 is 15.8 Å². The lowest BCUT2D eigenvalue weighted by Gasteiger charge is -2.26. The van der Waals surface area contributed by atoms with E-state index in [4.69, 9.17) is 20.3 Å². The molecule has 1 unspecified atom stereocenters. The minimum atomic E-state index is -4.33. The fraction of sp³-hybridized carbons (Fsp3) is 0.556. The van der Waals surface area contributed by atoms with Crippen LogP contribution in [0.2, 0.25) is 0 Å². The number of methoxy groups -OCH3 is 1. The molecular formula is C18H30N3O6P. The smallest absolute Gasteiger partial charge is 0.339 e. The van der Waals surface area contributed by atoms with Gasteiger partial charge in [-0.25, -0.2) is 0 Å². The van der Waals surface area contributed by atoms with Gasteiger partial charge in [0.25, 0.3) is 0 Å². The molecule has 0 bridgehead atoms. The minimum absolute atomic E-state index is 0.0784. The maximum atomic E-state index is 12.7. The molecule has 1 rings (SSSR count). The number of rotatable bonds is 10. The van der Waals surface area contributed by atoms with Crippen molar-refractivity contribution in [3.8, 4) is 5.75 Å². The molecule has 5 N–H and O–H groups in total. The number of amides is 2. The number of benzene rings is 1. The van der Waals surface area contributed by atoms with Crippen molar-refractivity contribution in [2.45, 2.75) is 38.8 Å². The van der Waals surface area contributed by atoms with Gasteiger partial charge in [-0.05, 0) is 36.5 Å². The van der Waals surface area contributed by atoms with Crippen LogP contribution in [0.4, 0.5) is 0 Å². The van der Waals surface area contributed by atoms with Gasteiger partial charge in [-0.2, -0.15) is 0 Å². The van der Waals surface area contributed by atoms with Crippen molar-refractivity contribution in [3.05, 3.63) is 29.8 Å². The summed E-state index contributed by atoms with van der Waals surface area (Å²) in [7, 11) is -1.45. The number of likely N-dealkylation sites (N-methyl/N-ethyl adjacent to an activating group) is 1.